The molecule has 0 radical (unpaired) electrons. The van der Waals surface area contributed by atoms with E-state index < -0.39 is 5.41 Å². The lowest BCUT2D eigenvalue weighted by molar-refractivity contribution is -0.135. The van der Waals surface area contributed by atoms with Crippen molar-refractivity contribution >= 4 is 12.1 Å². The lowest BCUT2D eigenvalue weighted by Gasteiger charge is -2.32. The van der Waals surface area contributed by atoms with Crippen molar-refractivity contribution in [1.82, 2.24) is 0 Å². The summed E-state index contributed by atoms with van der Waals surface area (Å²) in [7, 11) is 0. The molecule has 0 aromatic heterocycles. The van der Waals surface area contributed by atoms with Gasteiger partial charge in [0.25, 0.3) is 0 Å². The zero-order chi connectivity index (χ0) is 8.60. The van der Waals surface area contributed by atoms with Gasteiger partial charge in [-0.25, -0.2) is 0 Å². The lowest BCUT2D eigenvalue weighted by atomic mass is 9.69. The van der Waals surface area contributed by atoms with E-state index >= 15 is 0 Å². The van der Waals surface area contributed by atoms with Crippen LogP contribution in [0.4, 0.5) is 0 Å². The van der Waals surface area contributed by atoms with E-state index in [1.807, 2.05) is 0 Å². The van der Waals surface area contributed by atoms with E-state index in [1.54, 1.807) is 0 Å². The number of rotatable bonds is 1. The Labute approximate surface area is 72.3 Å². The minimum atomic E-state index is -0.530. The number of Topliss-reactive ketones (excluding diaryl/α,β-unsaturated/α-hetero) is 1. The normalized spacial score (nSPS) is 41.0. The molecular weight excluding hydrogens is 152 g/mol. The minimum Gasteiger partial charge on any atom is -0.302 e. The van der Waals surface area contributed by atoms with Crippen LogP contribution < -0.4 is 0 Å². The molecule has 2 saturated carbocycles. The maximum atomic E-state index is 11.5. The van der Waals surface area contributed by atoms with Gasteiger partial charge in [-0.3, -0.25) is 4.79 Å². The summed E-state index contributed by atoms with van der Waals surface area (Å²) < 4.78 is 0. The molecule has 0 amide bonds. The molecule has 0 aromatic rings. The second-order valence-corrected chi connectivity index (χ2v) is 4.06. The van der Waals surface area contributed by atoms with Gasteiger partial charge < -0.3 is 4.79 Å². The predicted octanol–water partition coefficient (Wildman–Crippen LogP) is 1.72. The molecule has 12 heavy (non-hydrogen) atoms. The Kier molecular flexibility index (Phi) is 1.78. The molecule has 2 rings (SSSR count). The van der Waals surface area contributed by atoms with E-state index in [-0.39, 0.29) is 5.78 Å². The molecule has 0 aliphatic heterocycles. The van der Waals surface area contributed by atoms with Gasteiger partial charge >= 0.3 is 0 Å². The number of ketones is 1. The van der Waals surface area contributed by atoms with Crippen molar-refractivity contribution in [2.45, 2.75) is 38.5 Å². The van der Waals surface area contributed by atoms with Crippen LogP contribution >= 0.6 is 0 Å². The van der Waals surface area contributed by atoms with E-state index in [4.69, 9.17) is 0 Å². The molecule has 0 saturated heterocycles. The fraction of sp³-hybridized carbons (Fsp3) is 0.800. The molecule has 2 nitrogen and oxygen atoms in total. The van der Waals surface area contributed by atoms with Crippen LogP contribution in [0.1, 0.15) is 38.5 Å². The number of fused-ring (bicyclic) bond motifs is 1. The Morgan fingerprint density at radius 2 is 2.17 bits per heavy atom. The number of aldehydes is 1. The number of carbonyl (C=O) groups excluding carboxylic acids is 2. The molecular formula is C10H14O2. The molecule has 0 aromatic carbocycles. The highest BCUT2D eigenvalue weighted by molar-refractivity contribution is 6.00. The molecule has 2 atom stereocenters. The van der Waals surface area contributed by atoms with Crippen molar-refractivity contribution in [1.29, 1.82) is 0 Å². The first-order valence-electron chi connectivity index (χ1n) is 4.79. The van der Waals surface area contributed by atoms with Gasteiger partial charge in [-0.1, -0.05) is 12.8 Å². The zero-order valence-electron chi connectivity index (χ0n) is 7.21. The largest absolute Gasteiger partial charge is 0.302 e. The third-order valence-electron chi connectivity index (χ3n) is 3.57. The molecule has 2 aliphatic rings. The Bertz CT molecular complexity index is 222. The fourth-order valence-electron chi connectivity index (χ4n) is 2.80. The van der Waals surface area contributed by atoms with Crippen molar-refractivity contribution in [2.75, 3.05) is 0 Å². The summed E-state index contributed by atoms with van der Waals surface area (Å²) in [5.74, 6) is 0.596. The van der Waals surface area contributed by atoms with E-state index in [0.29, 0.717) is 12.3 Å². The first-order valence-corrected chi connectivity index (χ1v) is 4.79. The number of carbonyl (C=O) groups is 2. The van der Waals surface area contributed by atoms with Gasteiger partial charge in [0.1, 0.15) is 12.1 Å². The first-order chi connectivity index (χ1) is 5.79. The van der Waals surface area contributed by atoms with Crippen LogP contribution in [0.3, 0.4) is 0 Å². The van der Waals surface area contributed by atoms with E-state index in [2.05, 4.69) is 0 Å². The van der Waals surface area contributed by atoms with Gasteiger partial charge in [-0.05, 0) is 25.2 Å². The van der Waals surface area contributed by atoms with Crippen LogP contribution in [0.15, 0.2) is 0 Å². The fourth-order valence-corrected chi connectivity index (χ4v) is 2.80. The average Bonchev–Trinajstić information content (AvgIpc) is 2.45. The Balaban J connectivity index is 2.30. The number of hydrogen-bond donors (Lipinski definition) is 0. The Morgan fingerprint density at radius 3 is 2.83 bits per heavy atom. The molecule has 66 valence electrons. The molecule has 0 N–H and O–H groups in total. The van der Waals surface area contributed by atoms with Gasteiger partial charge in [0.15, 0.2) is 0 Å². The van der Waals surface area contributed by atoms with Crippen LogP contribution in [-0.4, -0.2) is 12.1 Å². The molecule has 0 heterocycles. The smallest absolute Gasteiger partial charge is 0.146 e. The second kappa shape index (κ2) is 2.68. The third-order valence-corrected chi connectivity index (χ3v) is 3.57. The van der Waals surface area contributed by atoms with Crippen molar-refractivity contribution in [3.8, 4) is 0 Å². The summed E-state index contributed by atoms with van der Waals surface area (Å²) >= 11 is 0. The number of hydrogen-bond acceptors (Lipinski definition) is 2. The molecule has 0 spiro atoms. The third kappa shape index (κ3) is 0.869. The highest BCUT2D eigenvalue weighted by atomic mass is 16.1. The predicted molar refractivity (Wildman–Crippen MR) is 44.7 cm³/mol. The van der Waals surface area contributed by atoms with Crippen LogP contribution in [-0.2, 0) is 9.59 Å². The SMILES string of the molecule is O=C[C@]12CCCC[C@H]1CCC2=O. The average molecular weight is 166 g/mol. The van der Waals surface area contributed by atoms with Crippen LogP contribution in [0.25, 0.3) is 0 Å². The topological polar surface area (TPSA) is 34.1 Å². The van der Waals surface area contributed by atoms with Gasteiger partial charge in [0.2, 0.25) is 0 Å². The molecule has 2 heteroatoms. The van der Waals surface area contributed by atoms with E-state index in [9.17, 15) is 9.59 Å². The highest BCUT2D eigenvalue weighted by Crippen LogP contribution is 2.48. The van der Waals surface area contributed by atoms with Gasteiger partial charge in [0, 0.05) is 6.42 Å². The quantitative estimate of drug-likeness (QED) is 0.439. The van der Waals surface area contributed by atoms with Gasteiger partial charge in [-0.15, -0.1) is 0 Å². The first kappa shape index (κ1) is 7.96. The summed E-state index contributed by atoms with van der Waals surface area (Å²) in [6.45, 7) is 0. The van der Waals surface area contributed by atoms with E-state index in [0.717, 1.165) is 32.0 Å². The van der Waals surface area contributed by atoms with Crippen molar-refractivity contribution < 1.29 is 9.59 Å². The lowest BCUT2D eigenvalue weighted by Crippen LogP contribution is -2.36. The summed E-state index contributed by atoms with van der Waals surface area (Å²) in [6, 6.07) is 0. The zero-order valence-corrected chi connectivity index (χ0v) is 7.21. The van der Waals surface area contributed by atoms with Crippen molar-refractivity contribution in [2.24, 2.45) is 11.3 Å². The van der Waals surface area contributed by atoms with Crippen molar-refractivity contribution in [3.05, 3.63) is 0 Å². The summed E-state index contributed by atoms with van der Waals surface area (Å²) in [5.41, 5.74) is -0.530. The molecule has 0 unspecified atom stereocenters. The monoisotopic (exact) mass is 166 g/mol. The van der Waals surface area contributed by atoms with Crippen LogP contribution in [0.5, 0.6) is 0 Å². The Morgan fingerprint density at radius 1 is 1.33 bits per heavy atom. The van der Waals surface area contributed by atoms with Crippen LogP contribution in [0.2, 0.25) is 0 Å². The van der Waals surface area contributed by atoms with Crippen molar-refractivity contribution in [3.63, 3.8) is 0 Å². The van der Waals surface area contributed by atoms with Crippen LogP contribution in [0, 0.1) is 11.3 Å². The summed E-state index contributed by atoms with van der Waals surface area (Å²) in [6.07, 6.45) is 6.70. The molecule has 0 bridgehead atoms. The van der Waals surface area contributed by atoms with E-state index in [1.165, 1.54) is 6.42 Å². The minimum absolute atomic E-state index is 0.210. The molecule has 2 aliphatic carbocycles. The second-order valence-electron chi connectivity index (χ2n) is 4.06. The molecule has 2 fully saturated rings. The van der Waals surface area contributed by atoms with Gasteiger partial charge in [0.05, 0.1) is 5.41 Å². The maximum Gasteiger partial charge on any atom is 0.146 e. The highest BCUT2D eigenvalue weighted by Gasteiger charge is 2.50. The maximum absolute atomic E-state index is 11.5. The van der Waals surface area contributed by atoms with Gasteiger partial charge in [-0.2, -0.15) is 0 Å². The Hall–Kier alpha value is -0.660. The standard InChI is InChI=1S/C10H14O2/c11-7-10-6-2-1-3-8(10)4-5-9(10)12/h7-8H,1-6H2/t8-,10+/m0/s1. The summed E-state index contributed by atoms with van der Waals surface area (Å²) in [5, 5.41) is 0. The summed E-state index contributed by atoms with van der Waals surface area (Å²) in [4.78, 5) is 22.5.